The van der Waals surface area contributed by atoms with E-state index in [4.69, 9.17) is 4.74 Å². The van der Waals surface area contributed by atoms with E-state index < -0.39 is 0 Å². The van der Waals surface area contributed by atoms with Gasteiger partial charge < -0.3 is 20.5 Å². The molecule has 0 aromatic carbocycles. The van der Waals surface area contributed by atoms with Gasteiger partial charge in [-0.3, -0.25) is 0 Å². The number of anilines is 1. The summed E-state index contributed by atoms with van der Waals surface area (Å²) in [6.07, 6.45) is 9.29. The summed E-state index contributed by atoms with van der Waals surface area (Å²) < 4.78 is 6.00. The largest absolute Gasteiger partial charge is 0.460 e. The Bertz CT molecular complexity index is 506. The highest BCUT2D eigenvalue weighted by molar-refractivity contribution is 5.38. The molecule has 0 unspecified atom stereocenters. The fraction of sp³-hybridized carbons (Fsp3) is 0.778. The Kier molecular flexibility index (Phi) is 5.89. The summed E-state index contributed by atoms with van der Waals surface area (Å²) in [4.78, 5) is 8.84. The van der Waals surface area contributed by atoms with Crippen molar-refractivity contribution in [3.63, 3.8) is 0 Å². The summed E-state index contributed by atoms with van der Waals surface area (Å²) >= 11 is 0. The van der Waals surface area contributed by atoms with Gasteiger partial charge in [0.05, 0.1) is 0 Å². The van der Waals surface area contributed by atoms with Crippen LogP contribution in [0.5, 0.6) is 6.01 Å². The molecule has 0 bridgehead atoms. The molecule has 0 radical (unpaired) electrons. The highest BCUT2D eigenvalue weighted by Gasteiger charge is 2.31. The second-order valence-electron chi connectivity index (χ2n) is 7.35. The molecule has 2 fully saturated rings. The number of piperidine rings is 1. The van der Waals surface area contributed by atoms with Gasteiger partial charge in [-0.05, 0) is 70.0 Å². The van der Waals surface area contributed by atoms with Gasteiger partial charge in [-0.1, -0.05) is 6.92 Å². The zero-order valence-corrected chi connectivity index (χ0v) is 14.6. The number of aliphatic hydroxyl groups excluding tert-OH is 1. The standard InChI is InChI=1S/C18H30N4O2/c1-14-2-4-15(5-3-14)24-17-20-10-6-16(21-17)22-18(9-13-23)7-11-19-12-8-18/h6,10,14-15,19,23H,2-5,7-9,11-13H2,1H3,(H,20,21,22). The van der Waals surface area contributed by atoms with E-state index in [0.717, 1.165) is 56.9 Å². The molecular weight excluding hydrogens is 304 g/mol. The van der Waals surface area contributed by atoms with Gasteiger partial charge in [0.25, 0.3) is 0 Å². The van der Waals surface area contributed by atoms with Gasteiger partial charge in [0, 0.05) is 18.3 Å². The Labute approximate surface area is 144 Å². The summed E-state index contributed by atoms with van der Waals surface area (Å²) in [5.41, 5.74) is -0.0914. The average molecular weight is 334 g/mol. The van der Waals surface area contributed by atoms with Crippen LogP contribution in [0.3, 0.4) is 0 Å². The van der Waals surface area contributed by atoms with Gasteiger partial charge in [0.1, 0.15) is 11.9 Å². The van der Waals surface area contributed by atoms with Crippen molar-refractivity contribution in [3.8, 4) is 6.01 Å². The van der Waals surface area contributed by atoms with Crippen molar-refractivity contribution in [1.29, 1.82) is 0 Å². The quantitative estimate of drug-likeness (QED) is 0.741. The lowest BCUT2D eigenvalue weighted by atomic mass is 9.85. The third-order valence-corrected chi connectivity index (χ3v) is 5.41. The number of ether oxygens (including phenoxy) is 1. The minimum absolute atomic E-state index is 0.0914. The van der Waals surface area contributed by atoms with Crippen molar-refractivity contribution in [2.75, 3.05) is 25.0 Å². The fourth-order valence-electron chi connectivity index (χ4n) is 3.79. The van der Waals surface area contributed by atoms with E-state index in [2.05, 4.69) is 27.5 Å². The Hall–Kier alpha value is -1.40. The monoisotopic (exact) mass is 334 g/mol. The molecule has 1 aliphatic heterocycles. The number of hydrogen-bond acceptors (Lipinski definition) is 6. The van der Waals surface area contributed by atoms with Crippen LogP contribution in [-0.2, 0) is 0 Å². The van der Waals surface area contributed by atoms with E-state index in [1.54, 1.807) is 6.20 Å². The maximum Gasteiger partial charge on any atom is 0.318 e. The van der Waals surface area contributed by atoms with Gasteiger partial charge in [-0.15, -0.1) is 0 Å². The van der Waals surface area contributed by atoms with Crippen LogP contribution in [0.1, 0.15) is 51.9 Å². The van der Waals surface area contributed by atoms with Crippen LogP contribution >= 0.6 is 0 Å². The maximum atomic E-state index is 9.44. The zero-order chi connectivity index (χ0) is 16.8. The Balaban J connectivity index is 1.63. The molecule has 0 spiro atoms. The van der Waals surface area contributed by atoms with Crippen LogP contribution in [0.4, 0.5) is 5.82 Å². The van der Waals surface area contributed by atoms with Crippen LogP contribution in [0, 0.1) is 5.92 Å². The molecule has 3 rings (SSSR count). The first-order valence-corrected chi connectivity index (χ1v) is 9.29. The van der Waals surface area contributed by atoms with E-state index in [1.807, 2.05) is 6.07 Å². The highest BCUT2D eigenvalue weighted by atomic mass is 16.5. The van der Waals surface area contributed by atoms with Crippen molar-refractivity contribution in [3.05, 3.63) is 12.3 Å². The summed E-state index contributed by atoms with van der Waals surface area (Å²) in [7, 11) is 0. The van der Waals surface area contributed by atoms with Crippen LogP contribution in [-0.4, -0.2) is 46.4 Å². The van der Waals surface area contributed by atoms with Crippen molar-refractivity contribution >= 4 is 5.82 Å². The lowest BCUT2D eigenvalue weighted by Gasteiger charge is -2.38. The van der Waals surface area contributed by atoms with Gasteiger partial charge in [-0.25, -0.2) is 4.98 Å². The number of hydrogen-bond donors (Lipinski definition) is 3. The topological polar surface area (TPSA) is 79.3 Å². The molecule has 1 aromatic rings. The SMILES string of the molecule is CC1CCC(Oc2nccc(NC3(CCO)CCNCC3)n2)CC1. The van der Waals surface area contributed by atoms with Crippen LogP contribution < -0.4 is 15.4 Å². The molecule has 1 aliphatic carbocycles. The second-order valence-corrected chi connectivity index (χ2v) is 7.35. The molecule has 24 heavy (non-hydrogen) atoms. The number of nitrogens with zero attached hydrogens (tertiary/aromatic N) is 2. The molecule has 3 N–H and O–H groups in total. The molecule has 1 saturated heterocycles. The number of aliphatic hydroxyl groups is 1. The van der Waals surface area contributed by atoms with E-state index in [-0.39, 0.29) is 18.2 Å². The number of aromatic nitrogens is 2. The molecule has 2 heterocycles. The van der Waals surface area contributed by atoms with Crippen LogP contribution in [0.15, 0.2) is 12.3 Å². The van der Waals surface area contributed by atoms with E-state index in [9.17, 15) is 5.11 Å². The number of nitrogens with one attached hydrogen (secondary N) is 2. The molecule has 2 aliphatic rings. The average Bonchev–Trinajstić information content (AvgIpc) is 2.58. The fourth-order valence-corrected chi connectivity index (χ4v) is 3.79. The van der Waals surface area contributed by atoms with Gasteiger partial charge >= 0.3 is 6.01 Å². The third kappa shape index (κ3) is 4.57. The van der Waals surface area contributed by atoms with Crippen LogP contribution in [0.25, 0.3) is 0 Å². The molecular formula is C18H30N4O2. The normalized spacial score (nSPS) is 26.8. The molecule has 1 aromatic heterocycles. The molecule has 1 saturated carbocycles. The summed E-state index contributed by atoms with van der Waals surface area (Å²) in [6, 6.07) is 2.35. The highest BCUT2D eigenvalue weighted by Crippen LogP contribution is 2.29. The van der Waals surface area contributed by atoms with Crippen molar-refractivity contribution < 1.29 is 9.84 Å². The van der Waals surface area contributed by atoms with E-state index in [0.29, 0.717) is 6.01 Å². The smallest absolute Gasteiger partial charge is 0.318 e. The summed E-state index contributed by atoms with van der Waals surface area (Å²) in [5.74, 6) is 1.59. The Morgan fingerprint density at radius 1 is 1.29 bits per heavy atom. The van der Waals surface area contributed by atoms with Crippen LogP contribution in [0.2, 0.25) is 0 Å². The first-order chi connectivity index (χ1) is 11.7. The molecule has 6 heteroatoms. The van der Waals surface area contributed by atoms with E-state index in [1.165, 1.54) is 12.8 Å². The van der Waals surface area contributed by atoms with Crippen molar-refractivity contribution in [1.82, 2.24) is 15.3 Å². The lowest BCUT2D eigenvalue weighted by molar-refractivity contribution is 0.124. The summed E-state index contributed by atoms with van der Waals surface area (Å²) in [5, 5.41) is 16.4. The second kappa shape index (κ2) is 8.12. The van der Waals surface area contributed by atoms with Crippen molar-refractivity contribution in [2.24, 2.45) is 5.92 Å². The first-order valence-electron chi connectivity index (χ1n) is 9.29. The van der Waals surface area contributed by atoms with E-state index >= 15 is 0 Å². The molecule has 6 nitrogen and oxygen atoms in total. The predicted molar refractivity (Wildman–Crippen MR) is 94.2 cm³/mol. The third-order valence-electron chi connectivity index (χ3n) is 5.41. The zero-order valence-electron chi connectivity index (χ0n) is 14.6. The number of rotatable bonds is 6. The summed E-state index contributed by atoms with van der Waals surface area (Å²) in [6.45, 7) is 4.40. The molecule has 134 valence electrons. The minimum Gasteiger partial charge on any atom is -0.460 e. The van der Waals surface area contributed by atoms with Gasteiger partial charge in [-0.2, -0.15) is 4.98 Å². The minimum atomic E-state index is -0.0914. The maximum absolute atomic E-state index is 9.44. The first kappa shape index (κ1) is 17.4. The van der Waals surface area contributed by atoms with Gasteiger partial charge in [0.15, 0.2) is 0 Å². The predicted octanol–water partition coefficient (Wildman–Crippen LogP) is 2.35. The van der Waals surface area contributed by atoms with Gasteiger partial charge in [0.2, 0.25) is 0 Å². The Morgan fingerprint density at radius 3 is 2.75 bits per heavy atom. The Morgan fingerprint density at radius 2 is 2.04 bits per heavy atom. The molecule has 0 amide bonds. The molecule has 0 atom stereocenters. The lowest BCUT2D eigenvalue weighted by Crippen LogP contribution is -2.48. The van der Waals surface area contributed by atoms with Crippen molar-refractivity contribution in [2.45, 2.75) is 63.5 Å².